The SMILES string of the molecule is CCOc1ccc(NC(=O)COc2ccc(F)cc2F)cc1S(=O)(=O)N1CCCCC1. The molecule has 1 fully saturated rings. The fourth-order valence-corrected chi connectivity index (χ4v) is 4.91. The highest BCUT2D eigenvalue weighted by molar-refractivity contribution is 7.89. The van der Waals surface area contributed by atoms with Gasteiger partial charge in [0.25, 0.3) is 5.91 Å². The van der Waals surface area contributed by atoms with E-state index in [4.69, 9.17) is 9.47 Å². The molecule has 31 heavy (non-hydrogen) atoms. The van der Waals surface area contributed by atoms with E-state index in [9.17, 15) is 22.0 Å². The predicted molar refractivity (Wildman–Crippen MR) is 111 cm³/mol. The van der Waals surface area contributed by atoms with E-state index >= 15 is 0 Å². The highest BCUT2D eigenvalue weighted by atomic mass is 32.2. The standard InChI is InChI=1S/C21H24F2N2O5S/c1-2-29-19-9-7-16(13-20(19)31(27,28)25-10-4-3-5-11-25)24-21(26)14-30-18-8-6-15(22)12-17(18)23/h6-9,12-13H,2-5,10-11,14H2,1H3,(H,24,26). The fraction of sp³-hybridized carbons (Fsp3) is 0.381. The monoisotopic (exact) mass is 454 g/mol. The van der Waals surface area contributed by atoms with E-state index in [0.717, 1.165) is 31.4 Å². The van der Waals surface area contributed by atoms with Crippen LogP contribution in [0.25, 0.3) is 0 Å². The Morgan fingerprint density at radius 2 is 1.74 bits per heavy atom. The van der Waals surface area contributed by atoms with Gasteiger partial charge in [-0.3, -0.25) is 4.79 Å². The molecule has 0 atom stereocenters. The van der Waals surface area contributed by atoms with Gasteiger partial charge in [-0.1, -0.05) is 6.42 Å². The molecule has 1 N–H and O–H groups in total. The van der Waals surface area contributed by atoms with E-state index in [1.165, 1.54) is 22.5 Å². The summed E-state index contributed by atoms with van der Waals surface area (Å²) in [7, 11) is -3.80. The van der Waals surface area contributed by atoms with Gasteiger partial charge < -0.3 is 14.8 Å². The maximum Gasteiger partial charge on any atom is 0.262 e. The van der Waals surface area contributed by atoms with E-state index in [2.05, 4.69) is 5.32 Å². The van der Waals surface area contributed by atoms with Crippen LogP contribution in [0.1, 0.15) is 26.2 Å². The number of nitrogens with zero attached hydrogens (tertiary/aromatic N) is 1. The van der Waals surface area contributed by atoms with Gasteiger partial charge in [0.05, 0.1) is 6.61 Å². The lowest BCUT2D eigenvalue weighted by Crippen LogP contribution is -2.35. The molecule has 1 aliphatic heterocycles. The van der Waals surface area contributed by atoms with Crippen molar-refractivity contribution in [2.45, 2.75) is 31.1 Å². The average molecular weight is 454 g/mol. The minimum atomic E-state index is -3.80. The molecule has 1 aliphatic rings. The number of nitrogens with one attached hydrogen (secondary N) is 1. The van der Waals surface area contributed by atoms with Gasteiger partial charge in [0.2, 0.25) is 10.0 Å². The van der Waals surface area contributed by atoms with Crippen LogP contribution in [0.2, 0.25) is 0 Å². The zero-order valence-corrected chi connectivity index (χ0v) is 17.9. The number of amides is 1. The lowest BCUT2D eigenvalue weighted by Gasteiger charge is -2.27. The Kier molecular flexibility index (Phi) is 7.45. The third-order valence-corrected chi connectivity index (χ3v) is 6.63. The first-order valence-electron chi connectivity index (χ1n) is 9.96. The molecule has 10 heteroatoms. The number of ether oxygens (including phenoxy) is 2. The number of sulfonamides is 1. The Bertz CT molecular complexity index is 1040. The Morgan fingerprint density at radius 3 is 2.42 bits per heavy atom. The van der Waals surface area contributed by atoms with Crippen molar-refractivity contribution < 1.29 is 31.5 Å². The number of piperidine rings is 1. The smallest absolute Gasteiger partial charge is 0.262 e. The number of carbonyl (C=O) groups excluding carboxylic acids is 1. The summed E-state index contributed by atoms with van der Waals surface area (Å²) in [6, 6.07) is 7.08. The summed E-state index contributed by atoms with van der Waals surface area (Å²) in [5, 5.41) is 2.53. The van der Waals surface area contributed by atoms with E-state index in [-0.39, 0.29) is 28.7 Å². The van der Waals surface area contributed by atoms with E-state index < -0.39 is 34.2 Å². The number of anilines is 1. The molecule has 0 aliphatic carbocycles. The first kappa shape index (κ1) is 23.0. The van der Waals surface area contributed by atoms with Gasteiger partial charge >= 0.3 is 0 Å². The summed E-state index contributed by atoms with van der Waals surface area (Å²) >= 11 is 0. The molecule has 0 saturated carbocycles. The molecule has 1 amide bonds. The van der Waals surface area contributed by atoms with Crippen LogP contribution in [0, 0.1) is 11.6 Å². The predicted octanol–water partition coefficient (Wildman–Crippen LogP) is 3.56. The van der Waals surface area contributed by atoms with Crippen molar-refractivity contribution in [3.05, 3.63) is 48.0 Å². The number of halogens is 2. The van der Waals surface area contributed by atoms with Crippen LogP contribution in [0.4, 0.5) is 14.5 Å². The van der Waals surface area contributed by atoms with Crippen molar-refractivity contribution in [2.75, 3.05) is 31.6 Å². The summed E-state index contributed by atoms with van der Waals surface area (Å²) in [6.45, 7) is 2.36. The number of carbonyl (C=O) groups is 1. The highest BCUT2D eigenvalue weighted by Gasteiger charge is 2.29. The lowest BCUT2D eigenvalue weighted by atomic mass is 10.2. The zero-order chi connectivity index (χ0) is 22.4. The molecular formula is C21H24F2N2O5S. The minimum Gasteiger partial charge on any atom is -0.492 e. The Balaban J connectivity index is 1.75. The van der Waals surface area contributed by atoms with Crippen LogP contribution in [-0.2, 0) is 14.8 Å². The van der Waals surface area contributed by atoms with Crippen LogP contribution in [0.15, 0.2) is 41.3 Å². The van der Waals surface area contributed by atoms with Gasteiger partial charge in [-0.2, -0.15) is 4.31 Å². The molecule has 0 unspecified atom stereocenters. The second-order valence-corrected chi connectivity index (χ2v) is 8.88. The van der Waals surface area contributed by atoms with Crippen molar-refractivity contribution in [3.8, 4) is 11.5 Å². The summed E-state index contributed by atoms with van der Waals surface area (Å²) in [6.07, 6.45) is 2.56. The molecule has 2 aromatic carbocycles. The van der Waals surface area contributed by atoms with Crippen molar-refractivity contribution >= 4 is 21.6 Å². The second kappa shape index (κ2) is 10.1. The van der Waals surface area contributed by atoms with Gasteiger partial charge in [-0.15, -0.1) is 0 Å². The van der Waals surface area contributed by atoms with Crippen LogP contribution >= 0.6 is 0 Å². The molecule has 0 spiro atoms. The Labute approximate surface area is 180 Å². The molecule has 168 valence electrons. The Morgan fingerprint density at radius 1 is 1.03 bits per heavy atom. The van der Waals surface area contributed by atoms with Gasteiger partial charge in [0.1, 0.15) is 16.5 Å². The molecule has 1 saturated heterocycles. The first-order valence-corrected chi connectivity index (χ1v) is 11.4. The first-order chi connectivity index (χ1) is 14.8. The van der Waals surface area contributed by atoms with Crippen LogP contribution in [-0.4, -0.2) is 44.9 Å². The zero-order valence-electron chi connectivity index (χ0n) is 17.1. The van der Waals surface area contributed by atoms with Crippen molar-refractivity contribution in [3.63, 3.8) is 0 Å². The third-order valence-electron chi connectivity index (χ3n) is 4.71. The number of hydrogen-bond acceptors (Lipinski definition) is 5. The minimum absolute atomic E-state index is 0.0282. The quantitative estimate of drug-likeness (QED) is 0.659. The summed E-state index contributed by atoms with van der Waals surface area (Å²) in [5.74, 6) is -2.38. The van der Waals surface area contributed by atoms with Crippen LogP contribution in [0.5, 0.6) is 11.5 Å². The van der Waals surface area contributed by atoms with Gasteiger partial charge in [-0.05, 0) is 50.1 Å². The number of rotatable bonds is 8. The van der Waals surface area contributed by atoms with E-state index in [0.29, 0.717) is 19.2 Å². The summed E-state index contributed by atoms with van der Waals surface area (Å²) < 4.78 is 64.8. The molecule has 3 rings (SSSR count). The van der Waals surface area contributed by atoms with E-state index in [1.54, 1.807) is 6.92 Å². The largest absolute Gasteiger partial charge is 0.492 e. The summed E-state index contributed by atoms with van der Waals surface area (Å²) in [5.41, 5.74) is 0.229. The molecule has 2 aromatic rings. The van der Waals surface area contributed by atoms with Crippen molar-refractivity contribution in [2.24, 2.45) is 0 Å². The topological polar surface area (TPSA) is 84.9 Å². The maximum atomic E-state index is 13.6. The van der Waals surface area contributed by atoms with Crippen LogP contribution < -0.4 is 14.8 Å². The number of benzene rings is 2. The number of hydrogen-bond donors (Lipinski definition) is 1. The molecule has 0 radical (unpaired) electrons. The molecular weight excluding hydrogens is 430 g/mol. The summed E-state index contributed by atoms with van der Waals surface area (Å²) in [4.78, 5) is 12.2. The van der Waals surface area contributed by atoms with E-state index in [1.807, 2.05) is 0 Å². The molecule has 0 aromatic heterocycles. The lowest BCUT2D eigenvalue weighted by molar-refractivity contribution is -0.118. The highest BCUT2D eigenvalue weighted by Crippen LogP contribution is 2.31. The second-order valence-electron chi connectivity index (χ2n) is 6.97. The van der Waals surface area contributed by atoms with Crippen molar-refractivity contribution in [1.29, 1.82) is 0 Å². The van der Waals surface area contributed by atoms with Gasteiger partial charge in [0, 0.05) is 24.8 Å². The van der Waals surface area contributed by atoms with Crippen LogP contribution in [0.3, 0.4) is 0 Å². The molecule has 7 nitrogen and oxygen atoms in total. The van der Waals surface area contributed by atoms with Gasteiger partial charge in [0.15, 0.2) is 18.2 Å². The molecule has 0 bridgehead atoms. The van der Waals surface area contributed by atoms with Gasteiger partial charge in [-0.25, -0.2) is 17.2 Å². The van der Waals surface area contributed by atoms with Crippen molar-refractivity contribution in [1.82, 2.24) is 4.31 Å². The average Bonchev–Trinajstić information content (AvgIpc) is 2.75. The molecule has 1 heterocycles. The third kappa shape index (κ3) is 5.71. The normalized spacial score (nSPS) is 14.8. The maximum absolute atomic E-state index is 13.6. The Hall–Kier alpha value is -2.72. The fourth-order valence-electron chi connectivity index (χ4n) is 3.24.